The molecule has 1 aromatic rings. The number of benzene rings is 1. The molecule has 0 heterocycles. The molecule has 0 bridgehead atoms. The van der Waals surface area contributed by atoms with Gasteiger partial charge in [-0.3, -0.25) is 0 Å². The van der Waals surface area contributed by atoms with Crippen molar-refractivity contribution in [1.29, 1.82) is 0 Å². The highest BCUT2D eigenvalue weighted by atomic mass is 32.2. The van der Waals surface area contributed by atoms with Crippen molar-refractivity contribution in [3.8, 4) is 0 Å². The average Bonchev–Trinajstić information content (AvgIpc) is 2.53. The second kappa shape index (κ2) is 9.09. The van der Waals surface area contributed by atoms with Crippen LogP contribution in [0.3, 0.4) is 0 Å². The van der Waals surface area contributed by atoms with Gasteiger partial charge < -0.3 is 11.1 Å². The van der Waals surface area contributed by atoms with Gasteiger partial charge in [-0.1, -0.05) is 46.2 Å². The highest BCUT2D eigenvalue weighted by Crippen LogP contribution is 2.25. The van der Waals surface area contributed by atoms with Gasteiger partial charge in [0.15, 0.2) is 0 Å². The molecule has 1 aromatic carbocycles. The summed E-state index contributed by atoms with van der Waals surface area (Å²) < 4.78 is 13.3. The van der Waals surface area contributed by atoms with Gasteiger partial charge in [0.1, 0.15) is 5.82 Å². The maximum absolute atomic E-state index is 13.3. The van der Waals surface area contributed by atoms with Gasteiger partial charge in [-0.05, 0) is 30.2 Å². The van der Waals surface area contributed by atoms with E-state index in [1.165, 1.54) is 12.1 Å². The van der Waals surface area contributed by atoms with E-state index in [1.54, 1.807) is 6.07 Å². The fourth-order valence-electron chi connectivity index (χ4n) is 2.52. The minimum absolute atomic E-state index is 0.268. The molecule has 0 radical (unpaired) electrons. The zero-order valence-corrected chi connectivity index (χ0v) is 15.1. The molecule has 0 spiro atoms. The van der Waals surface area contributed by atoms with E-state index in [0.29, 0.717) is 34.4 Å². The number of rotatable bonds is 8. The first-order valence-electron chi connectivity index (χ1n) is 7.91. The molecule has 0 aromatic heterocycles. The molecule has 1 rings (SSSR count). The highest BCUT2D eigenvalue weighted by Gasteiger charge is 2.25. The van der Waals surface area contributed by atoms with Gasteiger partial charge in [-0.25, -0.2) is 4.39 Å². The molecule has 0 saturated heterocycles. The van der Waals surface area contributed by atoms with Gasteiger partial charge in [0.25, 0.3) is 0 Å². The molecule has 2 nitrogen and oxygen atoms in total. The van der Waals surface area contributed by atoms with Gasteiger partial charge in [0, 0.05) is 23.1 Å². The number of halogens is 1. The van der Waals surface area contributed by atoms with Crippen molar-refractivity contribution in [2.45, 2.75) is 45.4 Å². The van der Waals surface area contributed by atoms with E-state index in [0.717, 1.165) is 6.42 Å². The Morgan fingerprint density at radius 1 is 1.36 bits per heavy atom. The molecule has 0 aliphatic carbocycles. The summed E-state index contributed by atoms with van der Waals surface area (Å²) in [5, 5.41) is 3.95. The number of nitrogens with one attached hydrogen (secondary N) is 1. The smallest absolute Gasteiger partial charge is 0.123 e. The zero-order chi connectivity index (χ0) is 16.7. The van der Waals surface area contributed by atoms with Crippen LogP contribution in [-0.2, 0) is 0 Å². The molecule has 0 aliphatic heterocycles. The van der Waals surface area contributed by atoms with Crippen molar-refractivity contribution in [3.63, 3.8) is 0 Å². The lowest BCUT2D eigenvalue weighted by Crippen LogP contribution is -2.42. The summed E-state index contributed by atoms with van der Waals surface area (Å²) >= 11 is 1.85. The Morgan fingerprint density at radius 2 is 2.05 bits per heavy atom. The van der Waals surface area contributed by atoms with Crippen LogP contribution in [0.15, 0.2) is 30.5 Å². The van der Waals surface area contributed by atoms with Crippen LogP contribution in [0.2, 0.25) is 0 Å². The zero-order valence-electron chi connectivity index (χ0n) is 14.3. The Hall–Kier alpha value is -1.16. The van der Waals surface area contributed by atoms with Gasteiger partial charge in [0.2, 0.25) is 0 Å². The van der Waals surface area contributed by atoms with Crippen LogP contribution in [0.1, 0.15) is 39.7 Å². The summed E-state index contributed by atoms with van der Waals surface area (Å²) in [5.41, 5.74) is 7.36. The minimum atomic E-state index is -0.268. The third-order valence-electron chi connectivity index (χ3n) is 4.57. The monoisotopic (exact) mass is 324 g/mol. The first-order valence-corrected chi connectivity index (χ1v) is 9.19. The largest absolute Gasteiger partial charge is 0.397 e. The summed E-state index contributed by atoms with van der Waals surface area (Å²) in [4.78, 5) is 0. The van der Waals surface area contributed by atoms with Gasteiger partial charge in [-0.2, -0.15) is 11.8 Å². The number of nitrogens with two attached hydrogens (primary N) is 1. The topological polar surface area (TPSA) is 38.0 Å². The standard InChI is InChI=1S/C18H29FN2S/c1-6-12(2)13(3)18(14(4)22-5)21-11-17(20)15-8-7-9-16(19)10-15/h7-14,18,21H,6,20H2,1-5H3/b17-11-. The van der Waals surface area contributed by atoms with Crippen LogP contribution in [0.5, 0.6) is 0 Å². The van der Waals surface area contributed by atoms with Crippen LogP contribution in [0.25, 0.3) is 5.70 Å². The summed E-state index contributed by atoms with van der Waals surface area (Å²) in [5.74, 6) is 0.899. The molecule has 124 valence electrons. The Bertz CT molecular complexity index is 490. The molecule has 0 amide bonds. The third kappa shape index (κ3) is 5.24. The van der Waals surface area contributed by atoms with E-state index in [2.05, 4.69) is 39.3 Å². The predicted octanol–water partition coefficient (Wildman–Crippen LogP) is 4.47. The van der Waals surface area contributed by atoms with Crippen molar-refractivity contribution in [2.24, 2.45) is 17.6 Å². The molecule has 22 heavy (non-hydrogen) atoms. The number of hydrogen-bond acceptors (Lipinski definition) is 3. The third-order valence-corrected chi connectivity index (χ3v) is 5.61. The van der Waals surface area contributed by atoms with E-state index in [4.69, 9.17) is 5.73 Å². The fraction of sp³-hybridized carbons (Fsp3) is 0.556. The Balaban J connectivity index is 2.87. The maximum Gasteiger partial charge on any atom is 0.123 e. The summed E-state index contributed by atoms with van der Waals surface area (Å²) in [6, 6.07) is 6.71. The average molecular weight is 325 g/mol. The quantitative estimate of drug-likeness (QED) is 0.740. The lowest BCUT2D eigenvalue weighted by Gasteiger charge is -2.32. The van der Waals surface area contributed by atoms with Gasteiger partial charge in [0.05, 0.1) is 5.70 Å². The second-order valence-electron chi connectivity index (χ2n) is 5.99. The molecular formula is C18H29FN2S. The lowest BCUT2D eigenvalue weighted by atomic mass is 9.86. The fourth-order valence-corrected chi connectivity index (χ4v) is 3.14. The first kappa shape index (κ1) is 18.9. The van der Waals surface area contributed by atoms with Crippen molar-refractivity contribution in [2.75, 3.05) is 6.26 Å². The predicted molar refractivity (Wildman–Crippen MR) is 97.1 cm³/mol. The Morgan fingerprint density at radius 3 is 2.59 bits per heavy atom. The van der Waals surface area contributed by atoms with Crippen LogP contribution < -0.4 is 11.1 Å². The minimum Gasteiger partial charge on any atom is -0.397 e. The summed E-state index contributed by atoms with van der Waals surface area (Å²) in [6.45, 7) is 9.02. The van der Waals surface area contributed by atoms with Crippen molar-refractivity contribution < 1.29 is 4.39 Å². The summed E-state index contributed by atoms with van der Waals surface area (Å²) in [7, 11) is 0. The van der Waals surface area contributed by atoms with Crippen LogP contribution >= 0.6 is 11.8 Å². The molecule has 4 atom stereocenters. The van der Waals surface area contributed by atoms with Crippen LogP contribution in [0, 0.1) is 17.7 Å². The van der Waals surface area contributed by atoms with E-state index in [1.807, 2.05) is 24.0 Å². The van der Waals surface area contributed by atoms with Crippen LogP contribution in [0.4, 0.5) is 4.39 Å². The van der Waals surface area contributed by atoms with Crippen LogP contribution in [-0.4, -0.2) is 17.5 Å². The Kier molecular flexibility index (Phi) is 7.80. The van der Waals surface area contributed by atoms with Gasteiger partial charge >= 0.3 is 0 Å². The molecule has 3 N–H and O–H groups in total. The lowest BCUT2D eigenvalue weighted by molar-refractivity contribution is 0.293. The van der Waals surface area contributed by atoms with E-state index >= 15 is 0 Å². The second-order valence-corrected chi connectivity index (χ2v) is 7.20. The number of hydrogen-bond donors (Lipinski definition) is 2. The highest BCUT2D eigenvalue weighted by molar-refractivity contribution is 7.99. The molecular weight excluding hydrogens is 295 g/mol. The number of thioether (sulfide) groups is 1. The van der Waals surface area contributed by atoms with Crippen molar-refractivity contribution in [3.05, 3.63) is 41.8 Å². The van der Waals surface area contributed by atoms with E-state index in [-0.39, 0.29) is 5.82 Å². The first-order chi connectivity index (χ1) is 10.4. The van der Waals surface area contributed by atoms with E-state index in [9.17, 15) is 4.39 Å². The maximum atomic E-state index is 13.3. The van der Waals surface area contributed by atoms with E-state index < -0.39 is 0 Å². The SMILES string of the molecule is CCC(C)C(C)C(N/C=C(\N)c1cccc(F)c1)C(C)SC. The molecule has 0 saturated carbocycles. The molecule has 0 aliphatic rings. The molecule has 4 unspecified atom stereocenters. The summed E-state index contributed by atoms with van der Waals surface area (Å²) in [6.07, 6.45) is 5.11. The molecule has 4 heteroatoms. The molecule has 0 fully saturated rings. The Labute approximate surface area is 138 Å². The normalized spacial score (nSPS) is 17.6. The van der Waals surface area contributed by atoms with Gasteiger partial charge in [-0.15, -0.1) is 0 Å². The van der Waals surface area contributed by atoms with Crippen molar-refractivity contribution in [1.82, 2.24) is 5.32 Å². The van der Waals surface area contributed by atoms with Crippen molar-refractivity contribution >= 4 is 17.5 Å².